The highest BCUT2D eigenvalue weighted by Crippen LogP contribution is 2.24. The second-order valence-corrected chi connectivity index (χ2v) is 8.32. The van der Waals surface area contributed by atoms with E-state index >= 15 is 0 Å². The van der Waals surface area contributed by atoms with E-state index in [1.165, 1.54) is 5.56 Å². The van der Waals surface area contributed by atoms with E-state index in [4.69, 9.17) is 16.7 Å². The second kappa shape index (κ2) is 9.28. The number of guanidine groups is 1. The third-order valence-corrected chi connectivity index (χ3v) is 6.15. The molecule has 2 aromatic rings. The lowest BCUT2D eigenvalue weighted by atomic mass is 10.0. The zero-order chi connectivity index (χ0) is 20.9. The number of hydrogen-bond acceptors (Lipinski definition) is 5. The average Bonchev–Trinajstić information content (AvgIpc) is 3.49. The standard InChI is InChI=1S/C21H21ClN6OS/c22-17-5-3-16(4-6-17)20-18(27-10-1-2-19(27)29)12-28(26-20)21(25-14-23)24-9-7-15-8-11-30-13-15/h3-6,8,11,13,18H,1-2,7,9-10,12H2,(H,24,25). The predicted octanol–water partition coefficient (Wildman–Crippen LogP) is 3.08. The number of carbonyl (C=O) groups excluding carboxylic acids is 1. The lowest BCUT2D eigenvalue weighted by Crippen LogP contribution is -2.45. The van der Waals surface area contributed by atoms with Crippen LogP contribution in [0.2, 0.25) is 5.02 Å². The van der Waals surface area contributed by atoms with Crippen LogP contribution in [0.15, 0.2) is 51.2 Å². The Hall–Kier alpha value is -2.89. The minimum absolute atomic E-state index is 0.132. The van der Waals surface area contributed by atoms with Crippen molar-refractivity contribution in [2.75, 3.05) is 19.6 Å². The first-order valence-electron chi connectivity index (χ1n) is 9.78. The van der Waals surface area contributed by atoms with Gasteiger partial charge in [-0.3, -0.25) is 15.1 Å². The van der Waals surface area contributed by atoms with Gasteiger partial charge in [0.1, 0.15) is 0 Å². The molecule has 4 rings (SSSR count). The zero-order valence-electron chi connectivity index (χ0n) is 16.3. The van der Waals surface area contributed by atoms with Crippen LogP contribution >= 0.6 is 22.9 Å². The molecule has 1 saturated heterocycles. The summed E-state index contributed by atoms with van der Waals surface area (Å²) in [6, 6.07) is 9.32. The van der Waals surface area contributed by atoms with Gasteiger partial charge in [-0.1, -0.05) is 23.7 Å². The van der Waals surface area contributed by atoms with E-state index in [0.717, 1.165) is 24.1 Å². The van der Waals surface area contributed by atoms with Gasteiger partial charge in [0, 0.05) is 30.1 Å². The van der Waals surface area contributed by atoms with Gasteiger partial charge in [0.2, 0.25) is 11.9 Å². The molecule has 7 nitrogen and oxygen atoms in total. The molecule has 1 amide bonds. The second-order valence-electron chi connectivity index (χ2n) is 7.10. The van der Waals surface area contributed by atoms with Crippen LogP contribution in [0, 0.1) is 11.5 Å². The van der Waals surface area contributed by atoms with Crippen LogP contribution in [0.3, 0.4) is 0 Å². The molecule has 1 fully saturated rings. The van der Waals surface area contributed by atoms with Crippen molar-refractivity contribution in [3.05, 3.63) is 57.2 Å². The number of likely N-dealkylation sites (tertiary alicyclic amines) is 1. The highest BCUT2D eigenvalue weighted by molar-refractivity contribution is 7.07. The van der Waals surface area contributed by atoms with Gasteiger partial charge in [0.05, 0.1) is 18.3 Å². The first-order chi connectivity index (χ1) is 14.7. The highest BCUT2D eigenvalue weighted by Gasteiger charge is 2.38. The molecule has 0 radical (unpaired) electrons. The van der Waals surface area contributed by atoms with Crippen molar-refractivity contribution in [2.24, 2.45) is 10.1 Å². The number of hydrogen-bond donors (Lipinski definition) is 1. The number of halogens is 1. The fourth-order valence-corrected chi connectivity index (χ4v) is 4.53. The minimum atomic E-state index is -0.191. The Morgan fingerprint density at radius 3 is 2.87 bits per heavy atom. The Morgan fingerprint density at radius 1 is 1.37 bits per heavy atom. The Labute approximate surface area is 184 Å². The van der Waals surface area contributed by atoms with Crippen molar-refractivity contribution in [3.8, 4) is 6.19 Å². The van der Waals surface area contributed by atoms with Crippen LogP contribution in [-0.2, 0) is 11.2 Å². The van der Waals surface area contributed by atoms with E-state index in [1.807, 2.05) is 40.7 Å². The molecular formula is C21H21ClN6OS. The number of nitriles is 1. The number of hydrazone groups is 1. The molecular weight excluding hydrogens is 420 g/mol. The summed E-state index contributed by atoms with van der Waals surface area (Å²) in [6.45, 7) is 1.70. The molecule has 1 aromatic heterocycles. The van der Waals surface area contributed by atoms with E-state index < -0.39 is 0 Å². The maximum Gasteiger partial charge on any atom is 0.228 e. The van der Waals surface area contributed by atoms with Gasteiger partial charge in [-0.25, -0.2) is 5.01 Å². The summed E-state index contributed by atoms with van der Waals surface area (Å²) in [6.07, 6.45) is 4.15. The topological polar surface area (TPSA) is 84.1 Å². The summed E-state index contributed by atoms with van der Waals surface area (Å²) >= 11 is 7.70. The van der Waals surface area contributed by atoms with Crippen molar-refractivity contribution in [2.45, 2.75) is 25.3 Å². The Kier molecular flexibility index (Phi) is 6.31. The first kappa shape index (κ1) is 20.4. The Balaban J connectivity index is 1.60. The molecule has 3 heterocycles. The summed E-state index contributed by atoms with van der Waals surface area (Å²) < 4.78 is 0. The third kappa shape index (κ3) is 4.48. The van der Waals surface area contributed by atoms with Crippen LogP contribution in [0.25, 0.3) is 0 Å². The number of thiophene rings is 1. The van der Waals surface area contributed by atoms with Crippen molar-refractivity contribution in [1.29, 1.82) is 5.26 Å². The quantitative estimate of drug-likeness (QED) is 0.335. The van der Waals surface area contributed by atoms with Crippen LogP contribution < -0.4 is 5.32 Å². The molecule has 2 aliphatic rings. The van der Waals surface area contributed by atoms with Gasteiger partial charge >= 0.3 is 0 Å². The van der Waals surface area contributed by atoms with Crippen LogP contribution in [-0.4, -0.2) is 53.2 Å². The van der Waals surface area contributed by atoms with Crippen molar-refractivity contribution in [3.63, 3.8) is 0 Å². The Morgan fingerprint density at radius 2 is 2.20 bits per heavy atom. The van der Waals surface area contributed by atoms with Crippen molar-refractivity contribution in [1.82, 2.24) is 15.2 Å². The summed E-state index contributed by atoms with van der Waals surface area (Å²) in [7, 11) is 0. The molecule has 1 N–H and O–H groups in total. The van der Waals surface area contributed by atoms with Gasteiger partial charge in [-0.15, -0.1) is 0 Å². The Bertz CT molecular complexity index is 996. The van der Waals surface area contributed by atoms with Gasteiger partial charge in [-0.05, 0) is 47.4 Å². The van der Waals surface area contributed by atoms with E-state index in [0.29, 0.717) is 37.0 Å². The molecule has 1 atom stereocenters. The zero-order valence-corrected chi connectivity index (χ0v) is 17.9. The minimum Gasteiger partial charge on any atom is -0.332 e. The predicted molar refractivity (Wildman–Crippen MR) is 119 cm³/mol. The normalized spacial score (nSPS) is 19.2. The monoisotopic (exact) mass is 440 g/mol. The smallest absolute Gasteiger partial charge is 0.228 e. The summed E-state index contributed by atoms with van der Waals surface area (Å²) in [5.74, 6) is 0.529. The molecule has 0 saturated carbocycles. The van der Waals surface area contributed by atoms with Crippen LogP contribution in [0.4, 0.5) is 0 Å². The van der Waals surface area contributed by atoms with Gasteiger partial charge in [0.15, 0.2) is 6.19 Å². The first-order valence-corrected chi connectivity index (χ1v) is 11.1. The number of nitrogens with one attached hydrogen (secondary N) is 1. The number of amides is 1. The SMILES string of the molecule is N#CNC(=NCCc1ccsc1)N1CC(N2CCCC2=O)C(c2ccc(Cl)cc2)=N1. The molecule has 9 heteroatoms. The molecule has 1 unspecified atom stereocenters. The lowest BCUT2D eigenvalue weighted by molar-refractivity contribution is -0.128. The van der Waals surface area contributed by atoms with Gasteiger partial charge in [0.25, 0.3) is 0 Å². The van der Waals surface area contributed by atoms with E-state index in [1.54, 1.807) is 16.3 Å². The third-order valence-electron chi connectivity index (χ3n) is 5.17. The molecule has 154 valence electrons. The largest absolute Gasteiger partial charge is 0.332 e. The molecule has 30 heavy (non-hydrogen) atoms. The lowest BCUT2D eigenvalue weighted by Gasteiger charge is -2.25. The molecule has 0 aliphatic carbocycles. The number of benzene rings is 1. The highest BCUT2D eigenvalue weighted by atomic mass is 35.5. The van der Waals surface area contributed by atoms with Crippen LogP contribution in [0.5, 0.6) is 0 Å². The van der Waals surface area contributed by atoms with Crippen molar-refractivity contribution < 1.29 is 4.79 Å². The van der Waals surface area contributed by atoms with Crippen LogP contribution in [0.1, 0.15) is 24.0 Å². The summed E-state index contributed by atoms with van der Waals surface area (Å²) in [4.78, 5) is 18.9. The summed E-state index contributed by atoms with van der Waals surface area (Å²) in [5.41, 5.74) is 2.90. The van der Waals surface area contributed by atoms with E-state index in [9.17, 15) is 10.1 Å². The number of aliphatic imine (C=N–C) groups is 1. The number of rotatable bonds is 5. The maximum atomic E-state index is 12.4. The number of carbonyl (C=O) groups is 1. The maximum absolute atomic E-state index is 12.4. The molecule has 0 bridgehead atoms. The number of nitrogens with zero attached hydrogens (tertiary/aromatic N) is 5. The molecule has 0 spiro atoms. The fourth-order valence-electron chi connectivity index (χ4n) is 3.70. The molecule has 1 aromatic carbocycles. The van der Waals surface area contributed by atoms with Gasteiger partial charge < -0.3 is 4.90 Å². The average molecular weight is 441 g/mol. The van der Waals surface area contributed by atoms with Crippen molar-refractivity contribution >= 4 is 40.5 Å². The fraction of sp³-hybridized carbons (Fsp3) is 0.333. The molecule has 2 aliphatic heterocycles. The summed E-state index contributed by atoms with van der Waals surface area (Å²) in [5, 5.41) is 23.1. The van der Waals surface area contributed by atoms with Gasteiger partial charge in [-0.2, -0.15) is 21.7 Å². The van der Waals surface area contributed by atoms with E-state index in [2.05, 4.69) is 21.8 Å². The van der Waals surface area contributed by atoms with E-state index in [-0.39, 0.29) is 11.9 Å².